The molecule has 12 heteroatoms. The van der Waals surface area contributed by atoms with E-state index in [1.54, 1.807) is 36.5 Å². The van der Waals surface area contributed by atoms with Crippen LogP contribution < -0.4 is 16.0 Å². The summed E-state index contributed by atoms with van der Waals surface area (Å²) in [6, 6.07) is 3.00. The zero-order valence-corrected chi connectivity index (χ0v) is 22.6. The molecular formula is C25H34N4O6S2. The van der Waals surface area contributed by atoms with Crippen LogP contribution in [0.15, 0.2) is 36.5 Å². The Morgan fingerprint density at radius 1 is 1.08 bits per heavy atom. The zero-order valence-electron chi connectivity index (χ0n) is 20.9. The predicted octanol–water partition coefficient (Wildman–Crippen LogP) is 1.14. The molecule has 1 aromatic heterocycles. The van der Waals surface area contributed by atoms with Crippen LogP contribution in [0.1, 0.15) is 38.8 Å². The van der Waals surface area contributed by atoms with Gasteiger partial charge in [0.2, 0.25) is 17.7 Å². The molecule has 4 N–H and O–H groups in total. The van der Waals surface area contributed by atoms with Gasteiger partial charge in [-0.3, -0.25) is 24.2 Å². The summed E-state index contributed by atoms with van der Waals surface area (Å²) in [7, 11) is 2.91. The summed E-state index contributed by atoms with van der Waals surface area (Å²) in [5.41, 5.74) is 0.598. The van der Waals surface area contributed by atoms with E-state index in [2.05, 4.69) is 20.9 Å². The Labute approximate surface area is 224 Å². The Morgan fingerprint density at radius 3 is 2.62 bits per heavy atom. The molecule has 4 rings (SSSR count). The number of pyridine rings is 1. The highest BCUT2D eigenvalue weighted by Crippen LogP contribution is 2.23. The molecule has 0 spiro atoms. The smallest absolute Gasteiger partial charge is 0.309 e. The van der Waals surface area contributed by atoms with Crippen molar-refractivity contribution >= 4 is 45.3 Å². The largest absolute Gasteiger partial charge is 0.457 e. The minimum Gasteiger partial charge on any atom is -0.457 e. The van der Waals surface area contributed by atoms with E-state index in [0.29, 0.717) is 17.2 Å². The second-order valence-electron chi connectivity index (χ2n) is 9.39. The maximum absolute atomic E-state index is 13.4. The fourth-order valence-electron chi connectivity index (χ4n) is 3.96. The summed E-state index contributed by atoms with van der Waals surface area (Å²) in [6.07, 6.45) is 2.95. The Balaban J connectivity index is 1.96. The molecule has 3 aliphatic heterocycles. The van der Waals surface area contributed by atoms with E-state index in [1.165, 1.54) is 21.6 Å². The Bertz CT molecular complexity index is 977. The van der Waals surface area contributed by atoms with Gasteiger partial charge in [-0.2, -0.15) is 0 Å². The summed E-state index contributed by atoms with van der Waals surface area (Å²) >= 11 is 0. The number of amides is 3. The Kier molecular flexibility index (Phi) is 11.3. The van der Waals surface area contributed by atoms with E-state index in [4.69, 9.17) is 4.74 Å². The number of carbonyl (C=O) groups is 4. The summed E-state index contributed by atoms with van der Waals surface area (Å²) in [5, 5.41) is 19.0. The number of aliphatic hydroxyl groups excluding tert-OH is 1. The first kappa shape index (κ1) is 29.0. The van der Waals surface area contributed by atoms with Crippen molar-refractivity contribution in [3.63, 3.8) is 0 Å². The van der Waals surface area contributed by atoms with Crippen LogP contribution in [-0.2, 0) is 30.3 Å². The van der Waals surface area contributed by atoms with Gasteiger partial charge in [0.15, 0.2) is 0 Å². The molecule has 3 aliphatic rings. The van der Waals surface area contributed by atoms with Crippen molar-refractivity contribution in [2.75, 3.05) is 11.5 Å². The quantitative estimate of drug-likeness (QED) is 0.247. The molecule has 0 unspecified atom stereocenters. The number of nitrogens with one attached hydrogen (secondary N) is 3. The molecule has 3 amide bonds. The third kappa shape index (κ3) is 9.67. The first-order valence-electron chi connectivity index (χ1n) is 12.3. The maximum atomic E-state index is 13.4. The number of rotatable bonds is 3. The van der Waals surface area contributed by atoms with Crippen LogP contribution in [0.2, 0.25) is 0 Å². The van der Waals surface area contributed by atoms with Crippen molar-refractivity contribution < 1.29 is 29.0 Å². The van der Waals surface area contributed by atoms with Crippen LogP contribution in [0.25, 0.3) is 0 Å². The van der Waals surface area contributed by atoms with Gasteiger partial charge in [0.05, 0.1) is 18.9 Å². The molecule has 0 radical (unpaired) electrons. The number of hydrogen-bond donors (Lipinski definition) is 4. The topological polar surface area (TPSA) is 147 Å². The van der Waals surface area contributed by atoms with Gasteiger partial charge < -0.3 is 25.8 Å². The summed E-state index contributed by atoms with van der Waals surface area (Å²) in [4.78, 5) is 56.5. The van der Waals surface area contributed by atoms with Gasteiger partial charge in [0.25, 0.3) is 0 Å². The van der Waals surface area contributed by atoms with E-state index in [9.17, 15) is 24.3 Å². The van der Waals surface area contributed by atoms with Gasteiger partial charge in [0.1, 0.15) is 18.2 Å². The van der Waals surface area contributed by atoms with Gasteiger partial charge >= 0.3 is 5.97 Å². The molecule has 4 heterocycles. The molecule has 202 valence electrons. The molecule has 1 saturated heterocycles. The van der Waals surface area contributed by atoms with Crippen LogP contribution in [0.5, 0.6) is 0 Å². The minimum absolute atomic E-state index is 0.0300. The molecule has 0 aliphatic carbocycles. The summed E-state index contributed by atoms with van der Waals surface area (Å²) in [6.45, 7) is 3.81. The van der Waals surface area contributed by atoms with Crippen molar-refractivity contribution in [3.8, 4) is 0 Å². The van der Waals surface area contributed by atoms with Crippen LogP contribution in [0, 0.1) is 5.92 Å². The number of carbonyl (C=O) groups excluding carboxylic acids is 4. The fourth-order valence-corrected chi connectivity index (χ4v) is 5.93. The average molecular weight is 551 g/mol. The van der Waals surface area contributed by atoms with Crippen LogP contribution in [0.4, 0.5) is 0 Å². The van der Waals surface area contributed by atoms with Crippen LogP contribution in [0.3, 0.4) is 0 Å². The third-order valence-corrected chi connectivity index (χ3v) is 8.27. The third-order valence-electron chi connectivity index (χ3n) is 5.99. The van der Waals surface area contributed by atoms with Gasteiger partial charge in [-0.25, -0.2) is 0 Å². The SMILES string of the molecule is CC(C)[C@H]1C[C@@H](O)CC(=O)O[C@@H]2/C=C/CSSC[C@@H](NC(=O)[C@H](Cc3ccccn3)NC(=O)C2)C(=O)N1. The Hall–Kier alpha value is -2.57. The second kappa shape index (κ2) is 14.4. The lowest BCUT2D eigenvalue weighted by molar-refractivity contribution is -0.150. The van der Waals surface area contributed by atoms with Crippen LogP contribution in [-0.4, -0.2) is 75.6 Å². The molecule has 5 atom stereocenters. The molecular weight excluding hydrogens is 516 g/mol. The van der Waals surface area contributed by atoms with E-state index >= 15 is 0 Å². The highest BCUT2D eigenvalue weighted by Gasteiger charge is 2.31. The van der Waals surface area contributed by atoms with E-state index in [1.807, 2.05) is 13.8 Å². The first-order valence-corrected chi connectivity index (χ1v) is 14.8. The van der Waals surface area contributed by atoms with Gasteiger partial charge in [-0.15, -0.1) is 0 Å². The molecule has 1 fully saturated rings. The fraction of sp³-hybridized carbons (Fsp3) is 0.560. The number of aliphatic hydroxyl groups is 1. The van der Waals surface area contributed by atoms with Crippen LogP contribution >= 0.6 is 21.6 Å². The monoisotopic (exact) mass is 550 g/mol. The lowest BCUT2D eigenvalue weighted by Gasteiger charge is -2.29. The summed E-state index contributed by atoms with van der Waals surface area (Å²) in [5.74, 6) is -1.24. The van der Waals surface area contributed by atoms with Crippen molar-refractivity contribution in [3.05, 3.63) is 42.2 Å². The molecule has 1 aromatic rings. The average Bonchev–Trinajstić information content (AvgIpc) is 2.83. The van der Waals surface area contributed by atoms with Crippen molar-refractivity contribution in [2.24, 2.45) is 5.92 Å². The van der Waals surface area contributed by atoms with Gasteiger partial charge in [-0.1, -0.05) is 47.6 Å². The number of aromatic nitrogens is 1. The highest BCUT2D eigenvalue weighted by molar-refractivity contribution is 8.76. The Morgan fingerprint density at radius 2 is 1.89 bits per heavy atom. The molecule has 10 nitrogen and oxygen atoms in total. The van der Waals surface area contributed by atoms with Gasteiger partial charge in [-0.05, 0) is 30.5 Å². The number of hydrogen-bond acceptors (Lipinski definition) is 9. The molecule has 0 saturated carbocycles. The van der Waals surface area contributed by atoms with E-state index in [-0.39, 0.29) is 31.6 Å². The number of nitrogens with zero attached hydrogens (tertiary/aromatic N) is 1. The normalized spacial score (nSPS) is 29.6. The van der Waals surface area contributed by atoms with E-state index < -0.39 is 54.0 Å². The predicted molar refractivity (Wildman–Crippen MR) is 142 cm³/mol. The number of ether oxygens (including phenoxy) is 1. The minimum atomic E-state index is -1.04. The number of esters is 1. The lowest BCUT2D eigenvalue weighted by atomic mass is 9.96. The van der Waals surface area contributed by atoms with E-state index in [0.717, 1.165) is 0 Å². The molecule has 37 heavy (non-hydrogen) atoms. The van der Waals surface area contributed by atoms with Gasteiger partial charge in [0, 0.05) is 35.9 Å². The summed E-state index contributed by atoms with van der Waals surface area (Å²) < 4.78 is 5.52. The number of fused-ring (bicyclic) bond motifs is 16. The lowest BCUT2D eigenvalue weighted by Crippen LogP contribution is -2.57. The zero-order chi connectivity index (χ0) is 26.8. The van der Waals surface area contributed by atoms with Crippen molar-refractivity contribution in [1.82, 2.24) is 20.9 Å². The standard InChI is InChI=1S/C25H34N4O6S2/c1-15(2)19-11-17(30)12-23(32)35-18-7-5-9-36-37-14-21(25(34)28-19)29-24(33)20(27-22(31)13-18)10-16-6-3-4-8-26-16/h3-8,15,17-21,30H,9-14H2,1-2H3,(H,27,31)(H,28,34)(H,29,33)/b7-5+/t17-,18-,19-,20+,21-/m1/s1. The first-order chi connectivity index (χ1) is 17.7. The van der Waals surface area contributed by atoms with Crippen molar-refractivity contribution in [1.29, 1.82) is 0 Å². The second-order valence-corrected chi connectivity index (χ2v) is 11.9. The van der Waals surface area contributed by atoms with Crippen molar-refractivity contribution in [2.45, 2.75) is 69.9 Å². The molecule has 0 aromatic carbocycles. The maximum Gasteiger partial charge on any atom is 0.309 e. The molecule has 2 bridgehead atoms. The highest BCUT2D eigenvalue weighted by atomic mass is 33.1.